The van der Waals surface area contributed by atoms with Gasteiger partial charge in [0, 0.05) is 16.6 Å². The first-order valence-electron chi connectivity index (χ1n) is 5.90. The van der Waals surface area contributed by atoms with E-state index in [1.54, 1.807) is 12.1 Å². The molecule has 0 saturated heterocycles. The average Bonchev–Trinajstić information content (AvgIpc) is 2.34. The Hall–Kier alpha value is -0.800. The summed E-state index contributed by atoms with van der Waals surface area (Å²) in [6.07, 6.45) is 1.06. The smallest absolute Gasteiger partial charge is 0.124 e. The molecule has 0 radical (unpaired) electrons. The lowest BCUT2D eigenvalue weighted by molar-refractivity contribution is 0.269. The molecule has 0 aliphatic rings. The van der Waals surface area contributed by atoms with E-state index >= 15 is 0 Å². The molecular formula is C13H19ClFNO. The van der Waals surface area contributed by atoms with Crippen LogP contribution in [0.5, 0.6) is 5.75 Å². The van der Waals surface area contributed by atoms with Crippen LogP contribution in [0.3, 0.4) is 0 Å². The molecule has 0 heterocycles. The van der Waals surface area contributed by atoms with Crippen LogP contribution in [0.25, 0.3) is 0 Å². The van der Waals surface area contributed by atoms with E-state index in [0.717, 1.165) is 18.5 Å². The Kier molecular flexibility index (Phi) is 6.30. The summed E-state index contributed by atoms with van der Waals surface area (Å²) >= 11 is 5.97. The lowest BCUT2D eigenvalue weighted by Gasteiger charge is -2.18. The molecule has 0 amide bonds. The monoisotopic (exact) mass is 259 g/mol. The highest BCUT2D eigenvalue weighted by Crippen LogP contribution is 2.28. The standard InChI is InChI=1S/C13H19ClFNO/c1-3-7-16-10(2)12-9-11(14)4-5-13(12)17-8-6-15/h4-5,9-10,16H,3,6-8H2,1-2H3. The van der Waals surface area contributed by atoms with Crippen LogP contribution in [0.4, 0.5) is 4.39 Å². The van der Waals surface area contributed by atoms with Gasteiger partial charge in [-0.1, -0.05) is 18.5 Å². The highest BCUT2D eigenvalue weighted by Gasteiger charge is 2.11. The fourth-order valence-corrected chi connectivity index (χ4v) is 1.79. The maximum Gasteiger partial charge on any atom is 0.124 e. The summed E-state index contributed by atoms with van der Waals surface area (Å²) in [4.78, 5) is 0. The van der Waals surface area contributed by atoms with Gasteiger partial charge in [-0.05, 0) is 38.1 Å². The van der Waals surface area contributed by atoms with E-state index in [1.165, 1.54) is 0 Å². The van der Waals surface area contributed by atoms with E-state index in [0.29, 0.717) is 10.8 Å². The van der Waals surface area contributed by atoms with Crippen LogP contribution in [0.2, 0.25) is 5.02 Å². The summed E-state index contributed by atoms with van der Waals surface area (Å²) in [5.74, 6) is 0.697. The van der Waals surface area contributed by atoms with Crippen molar-refractivity contribution in [3.63, 3.8) is 0 Å². The van der Waals surface area contributed by atoms with Crippen molar-refractivity contribution in [1.29, 1.82) is 0 Å². The van der Waals surface area contributed by atoms with Gasteiger partial charge in [0.15, 0.2) is 0 Å². The van der Waals surface area contributed by atoms with Crippen LogP contribution in [0.1, 0.15) is 31.9 Å². The second-order valence-corrected chi connectivity index (χ2v) is 4.33. The molecule has 0 bridgehead atoms. The zero-order valence-corrected chi connectivity index (χ0v) is 11.1. The molecule has 0 spiro atoms. The summed E-state index contributed by atoms with van der Waals surface area (Å²) in [7, 11) is 0. The maximum atomic E-state index is 12.1. The first-order chi connectivity index (χ1) is 8.19. The van der Waals surface area contributed by atoms with E-state index in [2.05, 4.69) is 12.2 Å². The Morgan fingerprint density at radius 2 is 2.24 bits per heavy atom. The van der Waals surface area contributed by atoms with E-state index in [-0.39, 0.29) is 12.6 Å². The van der Waals surface area contributed by atoms with Crippen molar-refractivity contribution in [3.05, 3.63) is 28.8 Å². The van der Waals surface area contributed by atoms with Gasteiger partial charge in [0.2, 0.25) is 0 Å². The van der Waals surface area contributed by atoms with Crippen LogP contribution < -0.4 is 10.1 Å². The number of alkyl halides is 1. The number of hydrogen-bond donors (Lipinski definition) is 1. The third-order valence-electron chi connectivity index (χ3n) is 2.47. The van der Waals surface area contributed by atoms with Crippen molar-refractivity contribution >= 4 is 11.6 Å². The molecule has 1 N–H and O–H groups in total. The van der Waals surface area contributed by atoms with Gasteiger partial charge in [0.1, 0.15) is 19.0 Å². The number of benzene rings is 1. The molecular weight excluding hydrogens is 241 g/mol. The molecule has 4 heteroatoms. The highest BCUT2D eigenvalue weighted by atomic mass is 35.5. The number of hydrogen-bond acceptors (Lipinski definition) is 2. The average molecular weight is 260 g/mol. The number of ether oxygens (including phenoxy) is 1. The first-order valence-corrected chi connectivity index (χ1v) is 6.28. The van der Waals surface area contributed by atoms with Gasteiger partial charge in [0.05, 0.1) is 0 Å². The topological polar surface area (TPSA) is 21.3 Å². The van der Waals surface area contributed by atoms with Gasteiger partial charge < -0.3 is 10.1 Å². The fourth-order valence-electron chi connectivity index (χ4n) is 1.61. The molecule has 0 aliphatic carbocycles. The second-order valence-electron chi connectivity index (χ2n) is 3.90. The van der Waals surface area contributed by atoms with Gasteiger partial charge in [-0.3, -0.25) is 0 Å². The van der Waals surface area contributed by atoms with Crippen molar-refractivity contribution in [1.82, 2.24) is 5.32 Å². The van der Waals surface area contributed by atoms with Crippen molar-refractivity contribution in [2.75, 3.05) is 19.8 Å². The highest BCUT2D eigenvalue weighted by molar-refractivity contribution is 6.30. The minimum Gasteiger partial charge on any atom is -0.491 e. The third kappa shape index (κ3) is 4.52. The summed E-state index contributed by atoms with van der Waals surface area (Å²) in [5.41, 5.74) is 0.972. The van der Waals surface area contributed by atoms with Crippen LogP contribution in [0.15, 0.2) is 18.2 Å². The predicted molar refractivity (Wildman–Crippen MR) is 69.6 cm³/mol. The van der Waals surface area contributed by atoms with Crippen molar-refractivity contribution in [2.45, 2.75) is 26.3 Å². The quantitative estimate of drug-likeness (QED) is 0.805. The fraction of sp³-hybridized carbons (Fsp3) is 0.538. The largest absolute Gasteiger partial charge is 0.491 e. The van der Waals surface area contributed by atoms with Crippen molar-refractivity contribution in [2.24, 2.45) is 0 Å². The van der Waals surface area contributed by atoms with Gasteiger partial charge in [-0.25, -0.2) is 4.39 Å². The number of halogens is 2. The molecule has 1 rings (SSSR count). The van der Waals surface area contributed by atoms with Gasteiger partial charge in [-0.2, -0.15) is 0 Å². The molecule has 1 aromatic rings. The summed E-state index contributed by atoms with van der Waals surface area (Å²) in [6, 6.07) is 5.55. The van der Waals surface area contributed by atoms with E-state index in [1.807, 2.05) is 13.0 Å². The zero-order chi connectivity index (χ0) is 12.7. The molecule has 1 aromatic carbocycles. The summed E-state index contributed by atoms with van der Waals surface area (Å²) < 4.78 is 17.5. The Morgan fingerprint density at radius 1 is 1.47 bits per heavy atom. The molecule has 0 fully saturated rings. The molecule has 17 heavy (non-hydrogen) atoms. The van der Waals surface area contributed by atoms with Crippen molar-refractivity contribution < 1.29 is 9.13 Å². The number of nitrogens with one attached hydrogen (secondary N) is 1. The lowest BCUT2D eigenvalue weighted by atomic mass is 10.1. The van der Waals surface area contributed by atoms with Crippen molar-refractivity contribution in [3.8, 4) is 5.75 Å². The molecule has 2 nitrogen and oxygen atoms in total. The Balaban J connectivity index is 2.81. The Morgan fingerprint density at radius 3 is 2.88 bits per heavy atom. The minimum absolute atomic E-state index is 0.0785. The SMILES string of the molecule is CCCNC(C)c1cc(Cl)ccc1OCCF. The van der Waals surface area contributed by atoms with Crippen LogP contribution >= 0.6 is 11.6 Å². The van der Waals surface area contributed by atoms with Gasteiger partial charge in [0.25, 0.3) is 0 Å². The lowest BCUT2D eigenvalue weighted by Crippen LogP contribution is -2.20. The predicted octanol–water partition coefficient (Wildman–Crippen LogP) is 3.75. The van der Waals surface area contributed by atoms with Gasteiger partial charge >= 0.3 is 0 Å². The van der Waals surface area contributed by atoms with Crippen LogP contribution in [0, 0.1) is 0 Å². The molecule has 1 atom stereocenters. The normalized spacial score (nSPS) is 12.5. The summed E-state index contributed by atoms with van der Waals surface area (Å²) in [5, 5.41) is 4.02. The maximum absolute atomic E-state index is 12.1. The molecule has 0 saturated carbocycles. The Bertz CT molecular complexity index is 346. The van der Waals surface area contributed by atoms with Crippen LogP contribution in [-0.2, 0) is 0 Å². The first kappa shape index (κ1) is 14.3. The summed E-state index contributed by atoms with van der Waals surface area (Å²) in [6.45, 7) is 4.67. The van der Waals surface area contributed by atoms with E-state index in [4.69, 9.17) is 16.3 Å². The molecule has 96 valence electrons. The Labute approximate surface area is 107 Å². The zero-order valence-electron chi connectivity index (χ0n) is 10.3. The molecule has 0 aliphatic heterocycles. The second kappa shape index (κ2) is 7.51. The minimum atomic E-state index is -0.487. The van der Waals surface area contributed by atoms with E-state index < -0.39 is 6.67 Å². The van der Waals surface area contributed by atoms with Crippen LogP contribution in [-0.4, -0.2) is 19.8 Å². The molecule has 1 unspecified atom stereocenters. The third-order valence-corrected chi connectivity index (χ3v) is 2.71. The molecule has 0 aromatic heterocycles. The number of rotatable bonds is 7. The van der Waals surface area contributed by atoms with Gasteiger partial charge in [-0.15, -0.1) is 0 Å². The van der Waals surface area contributed by atoms with E-state index in [9.17, 15) is 4.39 Å².